The fourth-order valence-electron chi connectivity index (χ4n) is 2.04. The third-order valence-electron chi connectivity index (χ3n) is 3.09. The minimum absolute atomic E-state index is 0.0694. The van der Waals surface area contributed by atoms with Crippen LogP contribution in [0.5, 0.6) is 5.75 Å². The molecule has 1 heterocycles. The number of carbonyl (C=O) groups is 2. The lowest BCUT2D eigenvalue weighted by atomic mass is 10.2. The second kappa shape index (κ2) is 6.67. The highest BCUT2D eigenvalue weighted by atomic mass is 32.2. The Morgan fingerprint density at radius 1 is 1.21 bits per heavy atom. The monoisotopic (exact) mass is 342 g/mol. The van der Waals surface area contributed by atoms with Crippen LogP contribution in [0, 0.1) is 11.2 Å². The molecule has 1 aliphatic rings. The van der Waals surface area contributed by atoms with Crippen LogP contribution in [-0.4, -0.2) is 17.0 Å². The number of hydrogen-bond donors (Lipinski definition) is 2. The van der Waals surface area contributed by atoms with Gasteiger partial charge in [0.15, 0.2) is 5.17 Å². The van der Waals surface area contributed by atoms with E-state index in [1.165, 1.54) is 18.2 Å². The zero-order chi connectivity index (χ0) is 17.1. The van der Waals surface area contributed by atoms with Crippen LogP contribution >= 0.6 is 11.8 Å². The van der Waals surface area contributed by atoms with Gasteiger partial charge in [0.25, 0.3) is 5.91 Å². The molecule has 0 saturated carbocycles. The lowest BCUT2D eigenvalue weighted by Crippen LogP contribution is -2.18. The van der Waals surface area contributed by atoms with Crippen LogP contribution in [-0.2, 0) is 4.79 Å². The Balaban J connectivity index is 1.78. The molecule has 1 saturated heterocycles. The third-order valence-corrected chi connectivity index (χ3v) is 3.92. The summed E-state index contributed by atoms with van der Waals surface area (Å²) in [6, 6.07) is 11.8. The molecule has 2 N–H and O–H groups in total. The number of esters is 1. The second-order valence-electron chi connectivity index (χ2n) is 4.87. The minimum atomic E-state index is -0.672. The molecule has 2 aromatic rings. The first-order valence-electron chi connectivity index (χ1n) is 6.88. The molecule has 0 spiro atoms. The lowest BCUT2D eigenvalue weighted by molar-refractivity contribution is -0.115. The first-order chi connectivity index (χ1) is 11.5. The number of ether oxygens (including phenoxy) is 1. The first kappa shape index (κ1) is 15.9. The molecule has 0 aromatic heterocycles. The summed E-state index contributed by atoms with van der Waals surface area (Å²) in [6.07, 6.45) is 1.60. The number of amides is 1. The van der Waals surface area contributed by atoms with Crippen LogP contribution in [0.3, 0.4) is 0 Å². The maximum absolute atomic E-state index is 13.2. The molecule has 0 atom stereocenters. The summed E-state index contributed by atoms with van der Waals surface area (Å²) < 4.78 is 18.4. The van der Waals surface area contributed by atoms with E-state index in [0.717, 1.165) is 17.8 Å². The molecule has 2 aromatic carbocycles. The molecule has 24 heavy (non-hydrogen) atoms. The Labute approximate surface area is 141 Å². The second-order valence-corrected chi connectivity index (χ2v) is 5.92. The molecule has 7 heteroatoms. The predicted molar refractivity (Wildman–Crippen MR) is 89.2 cm³/mol. The van der Waals surface area contributed by atoms with Crippen LogP contribution in [0.4, 0.5) is 4.39 Å². The molecule has 0 unspecified atom stereocenters. The lowest BCUT2D eigenvalue weighted by Gasteiger charge is -2.05. The van der Waals surface area contributed by atoms with E-state index in [0.29, 0.717) is 10.5 Å². The fraction of sp³-hybridized carbons (Fsp3) is 0. The van der Waals surface area contributed by atoms with Gasteiger partial charge in [-0.3, -0.25) is 10.2 Å². The summed E-state index contributed by atoms with van der Waals surface area (Å²) in [5, 5.41) is 9.86. The topological polar surface area (TPSA) is 79.2 Å². The van der Waals surface area contributed by atoms with Gasteiger partial charge < -0.3 is 10.1 Å². The predicted octanol–water partition coefficient (Wildman–Crippen LogP) is 3.18. The van der Waals surface area contributed by atoms with Gasteiger partial charge in [0.2, 0.25) is 0 Å². The number of rotatable bonds is 3. The summed E-state index contributed by atoms with van der Waals surface area (Å²) in [5.41, 5.74) is 0.754. The van der Waals surface area contributed by atoms with Crippen LogP contribution < -0.4 is 10.1 Å². The van der Waals surface area contributed by atoms with Crippen molar-refractivity contribution < 1.29 is 18.7 Å². The number of nitrogens with one attached hydrogen (secondary N) is 2. The Morgan fingerprint density at radius 3 is 2.71 bits per heavy atom. The van der Waals surface area contributed by atoms with Gasteiger partial charge in [-0.25, -0.2) is 9.18 Å². The number of amidine groups is 1. The Bertz CT molecular complexity index is 880. The SMILES string of the molecule is N=C1NC(=O)C(=Cc2cccc(OC(=O)c3cccc(F)c3)c2)S1. The van der Waals surface area contributed by atoms with Gasteiger partial charge in [-0.2, -0.15) is 0 Å². The molecular weight excluding hydrogens is 331 g/mol. The van der Waals surface area contributed by atoms with Crippen LogP contribution in [0.2, 0.25) is 0 Å². The Kier molecular flexibility index (Phi) is 4.43. The highest BCUT2D eigenvalue weighted by Crippen LogP contribution is 2.26. The maximum Gasteiger partial charge on any atom is 0.343 e. The van der Waals surface area contributed by atoms with Crippen molar-refractivity contribution in [3.05, 3.63) is 70.4 Å². The molecule has 3 rings (SSSR count). The van der Waals surface area contributed by atoms with Crippen molar-refractivity contribution in [2.45, 2.75) is 0 Å². The highest BCUT2D eigenvalue weighted by molar-refractivity contribution is 8.18. The normalized spacial score (nSPS) is 15.5. The summed E-state index contributed by atoms with van der Waals surface area (Å²) in [4.78, 5) is 24.0. The van der Waals surface area contributed by atoms with Crippen LogP contribution in [0.25, 0.3) is 6.08 Å². The van der Waals surface area contributed by atoms with Gasteiger partial charge in [0, 0.05) is 0 Å². The fourth-order valence-corrected chi connectivity index (χ4v) is 2.74. The van der Waals surface area contributed by atoms with E-state index in [4.69, 9.17) is 10.1 Å². The van der Waals surface area contributed by atoms with Crippen LogP contribution in [0.15, 0.2) is 53.4 Å². The molecule has 1 amide bonds. The smallest absolute Gasteiger partial charge is 0.343 e. The van der Waals surface area contributed by atoms with Crippen molar-refractivity contribution in [2.24, 2.45) is 0 Å². The van der Waals surface area contributed by atoms with E-state index >= 15 is 0 Å². The van der Waals surface area contributed by atoms with Gasteiger partial charge in [0.1, 0.15) is 11.6 Å². The summed E-state index contributed by atoms with van der Waals surface area (Å²) >= 11 is 1.02. The van der Waals surface area contributed by atoms with Crippen molar-refractivity contribution in [1.82, 2.24) is 5.32 Å². The number of carbonyl (C=O) groups excluding carboxylic acids is 2. The number of thioether (sulfide) groups is 1. The molecule has 120 valence electrons. The molecule has 1 aliphatic heterocycles. The molecular formula is C17H11FN2O3S. The Hall–Kier alpha value is -2.93. The number of hydrogen-bond acceptors (Lipinski definition) is 5. The largest absolute Gasteiger partial charge is 0.423 e. The third kappa shape index (κ3) is 3.69. The number of halogens is 1. The molecule has 0 radical (unpaired) electrons. The summed E-state index contributed by atoms with van der Waals surface area (Å²) in [7, 11) is 0. The quantitative estimate of drug-likeness (QED) is 0.510. The van der Waals surface area contributed by atoms with Gasteiger partial charge in [-0.15, -0.1) is 0 Å². The zero-order valence-electron chi connectivity index (χ0n) is 12.2. The molecule has 0 bridgehead atoms. The summed E-state index contributed by atoms with van der Waals surface area (Å²) in [6.45, 7) is 0. The van der Waals surface area contributed by atoms with Crippen molar-refractivity contribution in [2.75, 3.05) is 0 Å². The van der Waals surface area contributed by atoms with Gasteiger partial charge in [0.05, 0.1) is 10.5 Å². The summed E-state index contributed by atoms with van der Waals surface area (Å²) in [5.74, 6) is -1.26. The van der Waals surface area contributed by atoms with Crippen molar-refractivity contribution in [1.29, 1.82) is 5.41 Å². The van der Waals surface area contributed by atoms with Gasteiger partial charge >= 0.3 is 5.97 Å². The molecule has 5 nitrogen and oxygen atoms in total. The van der Waals surface area contributed by atoms with Crippen LogP contribution in [0.1, 0.15) is 15.9 Å². The van der Waals surface area contributed by atoms with E-state index in [2.05, 4.69) is 5.32 Å². The standard InChI is InChI=1S/C17H11FN2O3S/c18-12-5-2-4-11(9-12)16(22)23-13-6-1-3-10(7-13)8-14-15(21)20-17(19)24-14/h1-9H,(H2,19,20,21). The maximum atomic E-state index is 13.2. The molecule has 0 aliphatic carbocycles. The van der Waals surface area contributed by atoms with Crippen molar-refractivity contribution >= 4 is 34.9 Å². The van der Waals surface area contributed by atoms with E-state index < -0.39 is 11.8 Å². The zero-order valence-corrected chi connectivity index (χ0v) is 13.0. The van der Waals surface area contributed by atoms with E-state index in [1.54, 1.807) is 30.3 Å². The van der Waals surface area contributed by atoms with Crippen molar-refractivity contribution in [3.8, 4) is 5.75 Å². The minimum Gasteiger partial charge on any atom is -0.423 e. The van der Waals surface area contributed by atoms with Gasteiger partial charge in [-0.1, -0.05) is 18.2 Å². The average molecular weight is 342 g/mol. The van der Waals surface area contributed by atoms with E-state index in [1.807, 2.05) is 0 Å². The van der Waals surface area contributed by atoms with Gasteiger partial charge in [-0.05, 0) is 53.7 Å². The first-order valence-corrected chi connectivity index (χ1v) is 7.70. The van der Waals surface area contributed by atoms with E-state index in [9.17, 15) is 14.0 Å². The number of benzene rings is 2. The average Bonchev–Trinajstić information content (AvgIpc) is 2.85. The highest BCUT2D eigenvalue weighted by Gasteiger charge is 2.22. The molecule has 1 fully saturated rings. The Morgan fingerprint density at radius 2 is 2.00 bits per heavy atom. The van der Waals surface area contributed by atoms with E-state index in [-0.39, 0.29) is 22.4 Å². The van der Waals surface area contributed by atoms with Crippen molar-refractivity contribution in [3.63, 3.8) is 0 Å².